The molecular formula is C18H20ClNO5S. The number of carbonyl (C=O) groups is 1. The standard InChI is InChI=1S/C18H20ClNO5S/c19-14-3-5-15(6-4-14)25-12-18(21)20-9-7-17(8-10-20)26(22,23)13-16-2-1-11-24-16/h1-6,11,17H,7-10,12-13H2. The van der Waals surface area contributed by atoms with Crippen molar-refractivity contribution in [3.05, 3.63) is 53.4 Å². The predicted molar refractivity (Wildman–Crippen MR) is 97.9 cm³/mol. The van der Waals surface area contributed by atoms with Gasteiger partial charge in [-0.05, 0) is 49.2 Å². The van der Waals surface area contributed by atoms with Gasteiger partial charge in [-0.1, -0.05) is 11.6 Å². The van der Waals surface area contributed by atoms with Crippen LogP contribution in [-0.4, -0.2) is 44.2 Å². The van der Waals surface area contributed by atoms with Gasteiger partial charge >= 0.3 is 0 Å². The maximum atomic E-state index is 12.5. The van der Waals surface area contributed by atoms with Crippen LogP contribution in [0.4, 0.5) is 0 Å². The first kappa shape index (κ1) is 18.8. The highest BCUT2D eigenvalue weighted by Crippen LogP contribution is 2.22. The number of halogens is 1. The zero-order valence-corrected chi connectivity index (χ0v) is 15.7. The fraction of sp³-hybridized carbons (Fsp3) is 0.389. The van der Waals surface area contributed by atoms with Crippen molar-refractivity contribution in [1.82, 2.24) is 4.90 Å². The van der Waals surface area contributed by atoms with Gasteiger partial charge in [0.15, 0.2) is 16.4 Å². The molecule has 0 saturated carbocycles. The minimum absolute atomic E-state index is 0.0779. The highest BCUT2D eigenvalue weighted by atomic mass is 35.5. The van der Waals surface area contributed by atoms with Gasteiger partial charge in [-0.2, -0.15) is 0 Å². The summed E-state index contributed by atoms with van der Waals surface area (Å²) in [6, 6.07) is 10.1. The van der Waals surface area contributed by atoms with Crippen LogP contribution in [-0.2, 0) is 20.4 Å². The molecule has 26 heavy (non-hydrogen) atoms. The highest BCUT2D eigenvalue weighted by Gasteiger charge is 2.32. The third-order valence-corrected chi connectivity index (χ3v) is 6.83. The van der Waals surface area contributed by atoms with E-state index in [-0.39, 0.29) is 18.3 Å². The molecule has 0 aliphatic carbocycles. The molecule has 1 fully saturated rings. The van der Waals surface area contributed by atoms with Crippen molar-refractivity contribution in [2.75, 3.05) is 19.7 Å². The average molecular weight is 398 g/mol. The van der Waals surface area contributed by atoms with E-state index >= 15 is 0 Å². The molecule has 0 N–H and O–H groups in total. The molecule has 0 atom stereocenters. The van der Waals surface area contributed by atoms with Crippen LogP contribution in [0, 0.1) is 0 Å². The lowest BCUT2D eigenvalue weighted by molar-refractivity contribution is -0.134. The molecule has 2 heterocycles. The third-order valence-electron chi connectivity index (χ3n) is 4.40. The fourth-order valence-electron chi connectivity index (χ4n) is 2.94. The van der Waals surface area contributed by atoms with Crippen molar-refractivity contribution >= 4 is 27.3 Å². The number of benzene rings is 1. The second-order valence-corrected chi connectivity index (χ2v) is 8.93. The van der Waals surface area contributed by atoms with Gasteiger partial charge in [0.1, 0.15) is 17.3 Å². The molecule has 8 heteroatoms. The summed E-state index contributed by atoms with van der Waals surface area (Å²) in [6.07, 6.45) is 2.32. The number of hydrogen-bond acceptors (Lipinski definition) is 5. The summed E-state index contributed by atoms with van der Waals surface area (Å²) in [6.45, 7) is 0.737. The van der Waals surface area contributed by atoms with E-state index in [0.29, 0.717) is 42.5 Å². The Kier molecular flexibility index (Phi) is 5.88. The monoisotopic (exact) mass is 397 g/mol. The van der Waals surface area contributed by atoms with Gasteiger partial charge in [0.2, 0.25) is 0 Å². The lowest BCUT2D eigenvalue weighted by Gasteiger charge is -2.31. The topological polar surface area (TPSA) is 76.8 Å². The van der Waals surface area contributed by atoms with Gasteiger partial charge in [0.25, 0.3) is 5.91 Å². The van der Waals surface area contributed by atoms with Crippen LogP contribution < -0.4 is 4.74 Å². The number of ether oxygens (including phenoxy) is 1. The molecule has 1 aromatic carbocycles. The van der Waals surface area contributed by atoms with E-state index in [4.69, 9.17) is 20.8 Å². The van der Waals surface area contributed by atoms with Gasteiger partial charge in [-0.25, -0.2) is 8.42 Å². The molecule has 1 saturated heterocycles. The maximum Gasteiger partial charge on any atom is 0.260 e. The molecule has 1 aromatic heterocycles. The van der Waals surface area contributed by atoms with Gasteiger partial charge in [-0.15, -0.1) is 0 Å². The fourth-order valence-corrected chi connectivity index (χ4v) is 4.79. The van der Waals surface area contributed by atoms with Crippen molar-refractivity contribution in [3.63, 3.8) is 0 Å². The molecular weight excluding hydrogens is 378 g/mol. The van der Waals surface area contributed by atoms with Crippen molar-refractivity contribution < 1.29 is 22.4 Å². The molecule has 0 unspecified atom stereocenters. The molecule has 0 spiro atoms. The molecule has 0 bridgehead atoms. The van der Waals surface area contributed by atoms with E-state index < -0.39 is 15.1 Å². The normalized spacial score (nSPS) is 15.8. The van der Waals surface area contributed by atoms with E-state index in [1.165, 1.54) is 6.26 Å². The Hall–Kier alpha value is -1.99. The van der Waals surface area contributed by atoms with Crippen LogP contribution in [0.5, 0.6) is 5.75 Å². The minimum Gasteiger partial charge on any atom is -0.484 e. The first-order valence-electron chi connectivity index (χ1n) is 8.34. The zero-order chi connectivity index (χ0) is 18.6. The van der Waals surface area contributed by atoms with Crippen molar-refractivity contribution in [1.29, 1.82) is 0 Å². The van der Waals surface area contributed by atoms with Crippen LogP contribution >= 0.6 is 11.6 Å². The molecule has 3 rings (SSSR count). The van der Waals surface area contributed by atoms with Crippen molar-refractivity contribution in [3.8, 4) is 5.75 Å². The third kappa shape index (κ3) is 4.80. The average Bonchev–Trinajstić information content (AvgIpc) is 3.13. The number of carbonyl (C=O) groups excluding carboxylic acids is 1. The van der Waals surface area contributed by atoms with E-state index in [2.05, 4.69) is 0 Å². The molecule has 1 aliphatic heterocycles. The number of nitrogens with zero attached hydrogens (tertiary/aromatic N) is 1. The van der Waals surface area contributed by atoms with Crippen LogP contribution in [0.3, 0.4) is 0 Å². The predicted octanol–water partition coefficient (Wildman–Crippen LogP) is 2.92. The summed E-state index contributed by atoms with van der Waals surface area (Å²) >= 11 is 5.81. The minimum atomic E-state index is -3.29. The summed E-state index contributed by atoms with van der Waals surface area (Å²) in [5.74, 6) is 0.763. The Balaban J connectivity index is 1.48. The number of sulfone groups is 1. The summed E-state index contributed by atoms with van der Waals surface area (Å²) in [4.78, 5) is 13.9. The van der Waals surface area contributed by atoms with Crippen LogP contribution in [0.2, 0.25) is 5.02 Å². The quantitative estimate of drug-likeness (QED) is 0.749. The zero-order valence-electron chi connectivity index (χ0n) is 14.1. The van der Waals surface area contributed by atoms with Gasteiger partial charge in [-0.3, -0.25) is 4.79 Å². The molecule has 1 aliphatic rings. The van der Waals surface area contributed by atoms with Crippen LogP contribution in [0.15, 0.2) is 47.1 Å². The summed E-state index contributed by atoms with van der Waals surface area (Å²) in [5.41, 5.74) is 0. The summed E-state index contributed by atoms with van der Waals surface area (Å²) < 4.78 is 35.5. The second-order valence-electron chi connectivity index (χ2n) is 6.21. The Morgan fingerprint density at radius 1 is 1.19 bits per heavy atom. The maximum absolute atomic E-state index is 12.5. The highest BCUT2D eigenvalue weighted by molar-refractivity contribution is 7.91. The Labute approximate surface area is 157 Å². The molecule has 1 amide bonds. The Morgan fingerprint density at radius 3 is 2.50 bits per heavy atom. The number of amides is 1. The molecule has 0 radical (unpaired) electrons. The van der Waals surface area contributed by atoms with Gasteiger partial charge in [0.05, 0.1) is 11.5 Å². The van der Waals surface area contributed by atoms with E-state index in [1.807, 2.05) is 0 Å². The molecule has 6 nitrogen and oxygen atoms in total. The van der Waals surface area contributed by atoms with Crippen LogP contribution in [0.25, 0.3) is 0 Å². The SMILES string of the molecule is O=C(COc1ccc(Cl)cc1)N1CCC(S(=O)(=O)Cc2ccco2)CC1. The molecule has 2 aromatic rings. The van der Waals surface area contributed by atoms with E-state index in [1.54, 1.807) is 41.3 Å². The summed E-state index contributed by atoms with van der Waals surface area (Å²) in [7, 11) is -3.29. The smallest absolute Gasteiger partial charge is 0.260 e. The van der Waals surface area contributed by atoms with Gasteiger partial charge in [0, 0.05) is 18.1 Å². The number of hydrogen-bond donors (Lipinski definition) is 0. The number of furan rings is 1. The van der Waals surface area contributed by atoms with Crippen molar-refractivity contribution in [2.45, 2.75) is 23.8 Å². The number of likely N-dealkylation sites (tertiary alicyclic amines) is 1. The van der Waals surface area contributed by atoms with E-state index in [9.17, 15) is 13.2 Å². The lowest BCUT2D eigenvalue weighted by Crippen LogP contribution is -2.44. The Bertz CT molecular complexity index is 825. The van der Waals surface area contributed by atoms with Gasteiger partial charge < -0.3 is 14.1 Å². The number of piperidine rings is 1. The van der Waals surface area contributed by atoms with Crippen LogP contribution in [0.1, 0.15) is 18.6 Å². The first-order chi connectivity index (χ1) is 12.4. The second kappa shape index (κ2) is 8.14. The van der Waals surface area contributed by atoms with Crippen molar-refractivity contribution in [2.24, 2.45) is 0 Å². The first-order valence-corrected chi connectivity index (χ1v) is 10.4. The number of rotatable bonds is 6. The molecule has 140 valence electrons. The Morgan fingerprint density at radius 2 is 1.88 bits per heavy atom. The lowest BCUT2D eigenvalue weighted by atomic mass is 10.1. The largest absolute Gasteiger partial charge is 0.484 e. The summed E-state index contributed by atoms with van der Waals surface area (Å²) in [5, 5.41) is 0.148. The van der Waals surface area contributed by atoms with E-state index in [0.717, 1.165) is 0 Å².